The highest BCUT2D eigenvalue weighted by atomic mass is 127. The van der Waals surface area contributed by atoms with Crippen molar-refractivity contribution in [2.24, 2.45) is 5.92 Å². The molecule has 1 aromatic carbocycles. The van der Waals surface area contributed by atoms with E-state index in [2.05, 4.69) is 73.8 Å². The van der Waals surface area contributed by atoms with Crippen LogP contribution in [0.4, 0.5) is 5.69 Å². The lowest BCUT2D eigenvalue weighted by atomic mass is 10.0. The molecule has 0 amide bonds. The fourth-order valence-electron chi connectivity index (χ4n) is 1.73. The summed E-state index contributed by atoms with van der Waals surface area (Å²) in [6.07, 6.45) is 1.21. The van der Waals surface area contributed by atoms with E-state index >= 15 is 0 Å². The van der Waals surface area contributed by atoms with Crippen LogP contribution in [0, 0.1) is 16.4 Å². The van der Waals surface area contributed by atoms with Gasteiger partial charge in [0.1, 0.15) is 0 Å². The van der Waals surface area contributed by atoms with Crippen LogP contribution in [0.3, 0.4) is 0 Å². The molecule has 1 nitrogen and oxygen atoms in total. The van der Waals surface area contributed by atoms with E-state index in [0.717, 1.165) is 5.92 Å². The second-order valence-corrected chi connectivity index (χ2v) is 5.80. The summed E-state index contributed by atoms with van der Waals surface area (Å²) in [4.78, 5) is 0. The van der Waals surface area contributed by atoms with Crippen molar-refractivity contribution < 1.29 is 0 Å². The molecule has 84 valence electrons. The van der Waals surface area contributed by atoms with Crippen LogP contribution in [0.15, 0.2) is 18.2 Å². The molecule has 0 fully saturated rings. The molecule has 0 radical (unpaired) electrons. The predicted octanol–water partition coefficient (Wildman–Crippen LogP) is 4.45. The minimum atomic E-state index is 0.545. The first-order chi connectivity index (χ1) is 6.99. The van der Waals surface area contributed by atoms with Gasteiger partial charge < -0.3 is 5.32 Å². The maximum Gasteiger partial charge on any atom is 0.0353 e. The van der Waals surface area contributed by atoms with E-state index in [1.807, 2.05) is 0 Å². The zero-order valence-corrected chi connectivity index (χ0v) is 12.1. The van der Waals surface area contributed by atoms with Crippen LogP contribution in [0.5, 0.6) is 0 Å². The van der Waals surface area contributed by atoms with Crippen molar-refractivity contribution in [3.8, 4) is 0 Å². The molecule has 1 rings (SSSR count). The number of rotatable bonds is 4. The first-order valence-corrected chi connectivity index (χ1v) is 6.59. The van der Waals surface area contributed by atoms with Gasteiger partial charge in [-0.2, -0.15) is 0 Å². The van der Waals surface area contributed by atoms with Gasteiger partial charge >= 0.3 is 0 Å². The molecule has 1 aromatic rings. The number of hydrogen-bond acceptors (Lipinski definition) is 1. The molecule has 0 aliphatic carbocycles. The zero-order chi connectivity index (χ0) is 11.4. The predicted molar refractivity (Wildman–Crippen MR) is 76.4 cm³/mol. The summed E-state index contributed by atoms with van der Waals surface area (Å²) >= 11 is 2.38. The van der Waals surface area contributed by atoms with Gasteiger partial charge in [-0.3, -0.25) is 0 Å². The van der Waals surface area contributed by atoms with Crippen molar-refractivity contribution in [2.75, 3.05) is 5.32 Å². The second kappa shape index (κ2) is 5.73. The van der Waals surface area contributed by atoms with Crippen LogP contribution in [0.2, 0.25) is 0 Å². The molecule has 0 spiro atoms. The minimum Gasteiger partial charge on any atom is -0.383 e. The largest absolute Gasteiger partial charge is 0.383 e. The van der Waals surface area contributed by atoms with Crippen LogP contribution < -0.4 is 5.32 Å². The van der Waals surface area contributed by atoms with Gasteiger partial charge in [0.25, 0.3) is 0 Å². The molecular formula is C13H20IN. The molecule has 1 atom stereocenters. The molecule has 0 saturated heterocycles. The Balaban J connectivity index is 2.60. The average molecular weight is 317 g/mol. The lowest BCUT2D eigenvalue weighted by molar-refractivity contribution is 0.540. The van der Waals surface area contributed by atoms with Crippen molar-refractivity contribution >= 4 is 28.3 Å². The Labute approximate surface area is 107 Å². The highest BCUT2D eigenvalue weighted by molar-refractivity contribution is 14.1. The first-order valence-electron chi connectivity index (χ1n) is 5.51. The molecule has 1 N–H and O–H groups in total. The van der Waals surface area contributed by atoms with Crippen molar-refractivity contribution in [1.82, 2.24) is 0 Å². The van der Waals surface area contributed by atoms with Gasteiger partial charge in [0, 0.05) is 15.3 Å². The van der Waals surface area contributed by atoms with E-state index in [0.29, 0.717) is 6.04 Å². The SMILES string of the molecule is Cc1ccc(NC(C)CC(C)C)cc1I. The molecule has 0 bridgehead atoms. The second-order valence-electron chi connectivity index (χ2n) is 4.64. The van der Waals surface area contributed by atoms with Crippen LogP contribution in [-0.2, 0) is 0 Å². The number of halogens is 1. The summed E-state index contributed by atoms with van der Waals surface area (Å²) in [5.74, 6) is 0.747. The quantitative estimate of drug-likeness (QED) is 0.809. The van der Waals surface area contributed by atoms with Crippen molar-refractivity contribution in [3.63, 3.8) is 0 Å². The van der Waals surface area contributed by atoms with E-state index < -0.39 is 0 Å². The summed E-state index contributed by atoms with van der Waals surface area (Å²) in [6.45, 7) is 8.91. The molecule has 2 heteroatoms. The van der Waals surface area contributed by atoms with Crippen LogP contribution in [0.1, 0.15) is 32.8 Å². The number of nitrogens with one attached hydrogen (secondary N) is 1. The lowest BCUT2D eigenvalue weighted by Crippen LogP contribution is -2.17. The van der Waals surface area contributed by atoms with Crippen LogP contribution in [-0.4, -0.2) is 6.04 Å². The molecule has 0 aliphatic heterocycles. The monoisotopic (exact) mass is 317 g/mol. The number of aryl methyl sites for hydroxylation is 1. The normalized spacial score (nSPS) is 12.9. The number of hydrogen-bond donors (Lipinski definition) is 1. The van der Waals surface area contributed by atoms with Gasteiger partial charge in [0.05, 0.1) is 0 Å². The molecule has 0 heterocycles. The maximum atomic E-state index is 3.54. The summed E-state index contributed by atoms with van der Waals surface area (Å²) in [6, 6.07) is 7.09. The Morgan fingerprint density at radius 2 is 1.93 bits per heavy atom. The molecule has 1 unspecified atom stereocenters. The average Bonchev–Trinajstić information content (AvgIpc) is 2.10. The Morgan fingerprint density at radius 1 is 1.27 bits per heavy atom. The van der Waals surface area contributed by atoms with Crippen LogP contribution in [0.25, 0.3) is 0 Å². The van der Waals surface area contributed by atoms with Gasteiger partial charge in [0.2, 0.25) is 0 Å². The van der Waals surface area contributed by atoms with E-state index in [1.165, 1.54) is 21.2 Å². The molecule has 0 aliphatic rings. The third-order valence-electron chi connectivity index (χ3n) is 2.41. The van der Waals surface area contributed by atoms with Crippen molar-refractivity contribution in [1.29, 1.82) is 0 Å². The van der Waals surface area contributed by atoms with Gasteiger partial charge in [-0.1, -0.05) is 19.9 Å². The van der Waals surface area contributed by atoms with E-state index in [4.69, 9.17) is 0 Å². The van der Waals surface area contributed by atoms with E-state index in [-0.39, 0.29) is 0 Å². The number of anilines is 1. The molecular weight excluding hydrogens is 297 g/mol. The number of benzene rings is 1. The lowest BCUT2D eigenvalue weighted by Gasteiger charge is -2.17. The highest BCUT2D eigenvalue weighted by Gasteiger charge is 2.05. The third kappa shape index (κ3) is 4.41. The molecule has 0 saturated carbocycles. The zero-order valence-electron chi connectivity index (χ0n) is 9.97. The van der Waals surface area contributed by atoms with Crippen molar-refractivity contribution in [2.45, 2.75) is 40.2 Å². The third-order valence-corrected chi connectivity index (χ3v) is 3.57. The molecule has 0 aromatic heterocycles. The van der Waals surface area contributed by atoms with Gasteiger partial charge in [0.15, 0.2) is 0 Å². The standard InChI is InChI=1S/C13H20IN/c1-9(2)7-11(4)15-12-6-5-10(3)13(14)8-12/h5-6,8-9,11,15H,7H2,1-4H3. The van der Waals surface area contributed by atoms with Gasteiger partial charge in [-0.25, -0.2) is 0 Å². The van der Waals surface area contributed by atoms with E-state index in [9.17, 15) is 0 Å². The molecule has 15 heavy (non-hydrogen) atoms. The summed E-state index contributed by atoms with van der Waals surface area (Å²) in [7, 11) is 0. The Bertz CT molecular complexity index is 320. The van der Waals surface area contributed by atoms with Crippen molar-refractivity contribution in [3.05, 3.63) is 27.3 Å². The summed E-state index contributed by atoms with van der Waals surface area (Å²) in [5, 5.41) is 3.54. The topological polar surface area (TPSA) is 12.0 Å². The minimum absolute atomic E-state index is 0.545. The first kappa shape index (κ1) is 12.8. The Morgan fingerprint density at radius 3 is 2.47 bits per heavy atom. The maximum absolute atomic E-state index is 3.54. The fraction of sp³-hybridized carbons (Fsp3) is 0.538. The fourth-order valence-corrected chi connectivity index (χ4v) is 2.25. The van der Waals surface area contributed by atoms with Gasteiger partial charge in [-0.15, -0.1) is 0 Å². The summed E-state index contributed by atoms with van der Waals surface area (Å²) < 4.78 is 1.33. The smallest absolute Gasteiger partial charge is 0.0353 e. The van der Waals surface area contributed by atoms with Gasteiger partial charge in [-0.05, 0) is 66.5 Å². The Kier molecular flexibility index (Phi) is 4.90. The van der Waals surface area contributed by atoms with E-state index in [1.54, 1.807) is 0 Å². The Hall–Kier alpha value is -0.250. The van der Waals surface area contributed by atoms with Crippen LogP contribution >= 0.6 is 22.6 Å². The summed E-state index contributed by atoms with van der Waals surface area (Å²) in [5.41, 5.74) is 2.58. The highest BCUT2D eigenvalue weighted by Crippen LogP contribution is 2.19.